The van der Waals surface area contributed by atoms with Crippen LogP contribution in [-0.4, -0.2) is 75.4 Å². The van der Waals surface area contributed by atoms with E-state index in [1.165, 1.54) is 32.1 Å². The molecule has 38 heavy (non-hydrogen) atoms. The number of unbranched alkanes of at least 4 members (excludes halogenated alkanes) is 5. The SMILES string of the molecule is CCCCCCCCN(C)c1ccc2c(C)nc(C[C@@H]3O[C@H](COC(=O)c4ccccc4)[C@@H](O)[C@H]3O)n2n1. The Morgan fingerprint density at radius 3 is 2.50 bits per heavy atom. The summed E-state index contributed by atoms with van der Waals surface area (Å²) in [5.74, 6) is 0.991. The van der Waals surface area contributed by atoms with Crippen LogP contribution in [0.1, 0.15) is 67.3 Å². The summed E-state index contributed by atoms with van der Waals surface area (Å²) in [4.78, 5) is 19.1. The quantitative estimate of drug-likeness (QED) is 0.257. The van der Waals surface area contributed by atoms with E-state index in [0.717, 1.165) is 30.0 Å². The Labute approximate surface area is 224 Å². The van der Waals surface area contributed by atoms with Gasteiger partial charge in [-0.15, -0.1) is 5.10 Å². The molecule has 4 atom stereocenters. The molecule has 0 aliphatic carbocycles. The highest BCUT2D eigenvalue weighted by Gasteiger charge is 2.43. The number of esters is 1. The van der Waals surface area contributed by atoms with Crippen molar-refractivity contribution in [3.8, 4) is 0 Å². The number of carbonyl (C=O) groups is 1. The molecule has 1 fully saturated rings. The third-order valence-corrected chi connectivity index (χ3v) is 7.20. The number of aromatic nitrogens is 3. The van der Waals surface area contributed by atoms with Crippen LogP contribution >= 0.6 is 0 Å². The average molecular weight is 525 g/mol. The fourth-order valence-corrected chi connectivity index (χ4v) is 4.89. The predicted octanol–water partition coefficient (Wildman–Crippen LogP) is 3.72. The minimum Gasteiger partial charge on any atom is -0.459 e. The van der Waals surface area contributed by atoms with Crippen molar-refractivity contribution in [3.05, 3.63) is 59.5 Å². The fourth-order valence-electron chi connectivity index (χ4n) is 4.89. The van der Waals surface area contributed by atoms with Crippen molar-refractivity contribution in [2.75, 3.05) is 25.1 Å². The van der Waals surface area contributed by atoms with Gasteiger partial charge in [-0.1, -0.05) is 57.2 Å². The number of ether oxygens (including phenoxy) is 2. The van der Waals surface area contributed by atoms with Crippen LogP contribution in [0, 0.1) is 6.92 Å². The molecule has 9 nitrogen and oxygen atoms in total. The maximum atomic E-state index is 12.3. The van der Waals surface area contributed by atoms with Gasteiger partial charge in [0.05, 0.1) is 22.9 Å². The van der Waals surface area contributed by atoms with Crippen LogP contribution in [0.4, 0.5) is 5.82 Å². The van der Waals surface area contributed by atoms with Crippen LogP contribution in [-0.2, 0) is 15.9 Å². The average Bonchev–Trinajstić information content (AvgIpc) is 3.39. The highest BCUT2D eigenvalue weighted by molar-refractivity contribution is 5.89. The summed E-state index contributed by atoms with van der Waals surface area (Å²) in [5, 5.41) is 26.1. The molecule has 2 aromatic heterocycles. The topological polar surface area (TPSA) is 109 Å². The van der Waals surface area contributed by atoms with E-state index in [2.05, 4.69) is 16.8 Å². The van der Waals surface area contributed by atoms with Crippen LogP contribution in [0.15, 0.2) is 42.5 Å². The molecule has 0 bridgehead atoms. The monoisotopic (exact) mass is 524 g/mol. The maximum Gasteiger partial charge on any atom is 0.338 e. The number of hydrogen-bond acceptors (Lipinski definition) is 8. The molecule has 1 aromatic carbocycles. The number of fused-ring (bicyclic) bond motifs is 1. The van der Waals surface area contributed by atoms with Gasteiger partial charge in [0.1, 0.15) is 36.6 Å². The second-order valence-corrected chi connectivity index (χ2v) is 10.2. The van der Waals surface area contributed by atoms with Crippen molar-refractivity contribution in [1.29, 1.82) is 0 Å². The van der Waals surface area contributed by atoms with Crippen molar-refractivity contribution in [3.63, 3.8) is 0 Å². The summed E-state index contributed by atoms with van der Waals surface area (Å²) in [7, 11) is 2.05. The molecule has 206 valence electrons. The van der Waals surface area contributed by atoms with Crippen molar-refractivity contribution < 1.29 is 24.5 Å². The number of anilines is 1. The standard InChI is InChI=1S/C29H40N4O5/c1-4-5-6-7-8-12-17-32(3)25-16-15-22-20(2)30-26(33(22)31-25)18-23-27(34)28(35)24(38-23)19-37-29(36)21-13-10-9-11-14-21/h9-11,13-16,23-24,27-28,34-35H,4-8,12,17-19H2,1-3H3/t23-,24+,27-,28+/m0/s1. The summed E-state index contributed by atoms with van der Waals surface area (Å²) < 4.78 is 13.1. The molecule has 4 rings (SSSR count). The second-order valence-electron chi connectivity index (χ2n) is 10.2. The van der Waals surface area contributed by atoms with Crippen LogP contribution in [0.2, 0.25) is 0 Å². The minimum absolute atomic E-state index is 0.157. The molecule has 0 radical (unpaired) electrons. The van der Waals surface area contributed by atoms with Crippen molar-refractivity contribution in [1.82, 2.24) is 14.6 Å². The van der Waals surface area contributed by atoms with E-state index >= 15 is 0 Å². The molecule has 0 spiro atoms. The Morgan fingerprint density at radius 1 is 1.03 bits per heavy atom. The number of nitrogens with zero attached hydrogens (tertiary/aromatic N) is 4. The van der Waals surface area contributed by atoms with E-state index in [1.807, 2.05) is 32.2 Å². The van der Waals surface area contributed by atoms with E-state index in [9.17, 15) is 15.0 Å². The third kappa shape index (κ3) is 6.70. The van der Waals surface area contributed by atoms with Crippen molar-refractivity contribution in [2.45, 2.75) is 83.2 Å². The van der Waals surface area contributed by atoms with Crippen molar-refractivity contribution in [2.24, 2.45) is 0 Å². The first-order valence-corrected chi connectivity index (χ1v) is 13.7. The summed E-state index contributed by atoms with van der Waals surface area (Å²) >= 11 is 0. The lowest BCUT2D eigenvalue weighted by atomic mass is 10.1. The molecule has 3 aromatic rings. The normalized spacial score (nSPS) is 21.2. The molecule has 2 N–H and O–H groups in total. The van der Waals surface area contributed by atoms with Crippen molar-refractivity contribution >= 4 is 17.3 Å². The number of rotatable bonds is 13. The van der Waals surface area contributed by atoms with Gasteiger partial charge in [0.25, 0.3) is 0 Å². The van der Waals surface area contributed by atoms with Gasteiger partial charge < -0.3 is 24.6 Å². The van der Waals surface area contributed by atoms with Crippen LogP contribution in [0.3, 0.4) is 0 Å². The van der Waals surface area contributed by atoms with Gasteiger partial charge in [-0.3, -0.25) is 0 Å². The third-order valence-electron chi connectivity index (χ3n) is 7.20. The number of benzene rings is 1. The lowest BCUT2D eigenvalue weighted by Crippen LogP contribution is -2.35. The first-order valence-electron chi connectivity index (χ1n) is 13.7. The zero-order valence-corrected chi connectivity index (χ0v) is 22.6. The van der Waals surface area contributed by atoms with Crippen LogP contribution < -0.4 is 4.90 Å². The first-order chi connectivity index (χ1) is 18.4. The molecule has 1 aliphatic rings. The van der Waals surface area contributed by atoms with E-state index < -0.39 is 30.4 Å². The Morgan fingerprint density at radius 2 is 1.74 bits per heavy atom. The minimum atomic E-state index is -1.18. The highest BCUT2D eigenvalue weighted by Crippen LogP contribution is 2.26. The summed E-state index contributed by atoms with van der Waals surface area (Å²) in [6.07, 6.45) is 3.84. The molecule has 1 aliphatic heterocycles. The zero-order valence-electron chi connectivity index (χ0n) is 22.6. The van der Waals surface area contributed by atoms with Crippen LogP contribution in [0.5, 0.6) is 0 Å². The van der Waals surface area contributed by atoms with Crippen LogP contribution in [0.25, 0.3) is 5.52 Å². The molecular weight excluding hydrogens is 484 g/mol. The van der Waals surface area contributed by atoms with E-state index in [1.54, 1.807) is 28.8 Å². The van der Waals surface area contributed by atoms with Gasteiger partial charge >= 0.3 is 5.97 Å². The Kier molecular flexibility index (Phi) is 9.71. The molecular formula is C29H40N4O5. The lowest BCUT2D eigenvalue weighted by molar-refractivity contribution is -0.0336. The summed E-state index contributed by atoms with van der Waals surface area (Å²) in [6.45, 7) is 4.92. The second kappa shape index (κ2) is 13.2. The van der Waals surface area contributed by atoms with Gasteiger partial charge in [-0.2, -0.15) is 0 Å². The molecule has 0 amide bonds. The van der Waals surface area contributed by atoms with E-state index in [-0.39, 0.29) is 13.0 Å². The molecule has 1 saturated heterocycles. The summed E-state index contributed by atoms with van der Waals surface area (Å²) in [6, 6.07) is 12.6. The zero-order chi connectivity index (χ0) is 27.1. The lowest BCUT2D eigenvalue weighted by Gasteiger charge is -2.18. The number of aliphatic hydroxyl groups is 2. The first kappa shape index (κ1) is 28.0. The number of carbonyl (C=O) groups excluding carboxylic acids is 1. The Balaban J connectivity index is 1.38. The van der Waals surface area contributed by atoms with Gasteiger partial charge in [0, 0.05) is 20.0 Å². The largest absolute Gasteiger partial charge is 0.459 e. The van der Waals surface area contributed by atoms with E-state index in [4.69, 9.17) is 14.6 Å². The van der Waals surface area contributed by atoms with Gasteiger partial charge in [0.15, 0.2) is 0 Å². The Bertz CT molecular complexity index is 1180. The summed E-state index contributed by atoms with van der Waals surface area (Å²) in [5.41, 5.74) is 2.14. The number of hydrogen-bond donors (Lipinski definition) is 2. The molecule has 0 unspecified atom stereocenters. The molecule has 0 saturated carbocycles. The maximum absolute atomic E-state index is 12.3. The van der Waals surface area contributed by atoms with Gasteiger partial charge in [-0.05, 0) is 37.6 Å². The van der Waals surface area contributed by atoms with Gasteiger partial charge in [-0.25, -0.2) is 14.3 Å². The molecule has 9 heteroatoms. The van der Waals surface area contributed by atoms with E-state index in [0.29, 0.717) is 11.4 Å². The molecule has 3 heterocycles. The highest BCUT2D eigenvalue weighted by atomic mass is 16.6. The Hall–Kier alpha value is -3.01. The van der Waals surface area contributed by atoms with Gasteiger partial charge in [0.2, 0.25) is 0 Å². The smallest absolute Gasteiger partial charge is 0.338 e. The number of aliphatic hydroxyl groups excluding tert-OH is 2. The predicted molar refractivity (Wildman–Crippen MR) is 145 cm³/mol. The number of imidazole rings is 1. The fraction of sp³-hybridized carbons (Fsp3) is 0.552. The number of aryl methyl sites for hydroxylation is 1.